The third-order valence-corrected chi connectivity index (χ3v) is 3.57. The number of hydrogen-bond acceptors (Lipinski definition) is 1. The Labute approximate surface area is 105 Å². The SMILES string of the molecule is O=C(CCCBr)c1ccc(Br)c(Cl)c1. The zero-order valence-corrected chi connectivity index (χ0v) is 11.3. The topological polar surface area (TPSA) is 17.1 Å². The first-order chi connectivity index (χ1) is 6.65. The summed E-state index contributed by atoms with van der Waals surface area (Å²) in [5.41, 5.74) is 0.680. The molecular formula is C10H9Br2ClO. The van der Waals surface area contributed by atoms with Gasteiger partial charge >= 0.3 is 0 Å². The lowest BCUT2D eigenvalue weighted by Crippen LogP contribution is -1.99. The number of rotatable bonds is 4. The molecule has 0 saturated carbocycles. The highest BCUT2D eigenvalue weighted by atomic mass is 79.9. The third-order valence-electron chi connectivity index (χ3n) is 1.78. The van der Waals surface area contributed by atoms with Crippen LogP contribution in [0.25, 0.3) is 0 Å². The van der Waals surface area contributed by atoms with Gasteiger partial charge in [0.25, 0.3) is 0 Å². The van der Waals surface area contributed by atoms with Crippen molar-refractivity contribution >= 4 is 49.2 Å². The van der Waals surface area contributed by atoms with Crippen molar-refractivity contribution in [2.24, 2.45) is 0 Å². The van der Waals surface area contributed by atoms with Gasteiger partial charge < -0.3 is 0 Å². The lowest BCUT2D eigenvalue weighted by Gasteiger charge is -2.01. The van der Waals surface area contributed by atoms with Crippen LogP contribution in [0.5, 0.6) is 0 Å². The quantitative estimate of drug-likeness (QED) is 0.584. The van der Waals surface area contributed by atoms with Gasteiger partial charge in [0.15, 0.2) is 5.78 Å². The number of carbonyl (C=O) groups excluding carboxylic acids is 1. The van der Waals surface area contributed by atoms with Crippen LogP contribution < -0.4 is 0 Å². The molecule has 0 fully saturated rings. The molecule has 0 aliphatic carbocycles. The van der Waals surface area contributed by atoms with Crippen LogP contribution in [0.15, 0.2) is 22.7 Å². The van der Waals surface area contributed by atoms with Crippen LogP contribution >= 0.6 is 43.5 Å². The summed E-state index contributed by atoms with van der Waals surface area (Å²) >= 11 is 12.5. The van der Waals surface area contributed by atoms with Crippen LogP contribution in [0.4, 0.5) is 0 Å². The third kappa shape index (κ3) is 3.37. The Morgan fingerprint density at radius 1 is 1.43 bits per heavy atom. The molecule has 0 unspecified atom stereocenters. The summed E-state index contributed by atoms with van der Waals surface area (Å²) in [5, 5.41) is 1.43. The van der Waals surface area contributed by atoms with Crippen molar-refractivity contribution in [3.63, 3.8) is 0 Å². The largest absolute Gasteiger partial charge is 0.294 e. The molecule has 0 radical (unpaired) electrons. The van der Waals surface area contributed by atoms with Crippen LogP contribution in [0, 0.1) is 0 Å². The van der Waals surface area contributed by atoms with Crippen LogP contribution in [0.1, 0.15) is 23.2 Å². The molecule has 0 heterocycles. The van der Waals surface area contributed by atoms with E-state index in [1.54, 1.807) is 18.2 Å². The Hall–Kier alpha value is 0.140. The summed E-state index contributed by atoms with van der Waals surface area (Å²) in [5.74, 6) is 0.138. The minimum atomic E-state index is 0.138. The van der Waals surface area contributed by atoms with Crippen LogP contribution in [0.3, 0.4) is 0 Å². The average Bonchev–Trinajstić information content (AvgIpc) is 2.18. The zero-order valence-electron chi connectivity index (χ0n) is 7.40. The number of alkyl halides is 1. The van der Waals surface area contributed by atoms with Crippen molar-refractivity contribution < 1.29 is 4.79 Å². The molecule has 0 atom stereocenters. The van der Waals surface area contributed by atoms with Gasteiger partial charge in [-0.3, -0.25) is 4.79 Å². The second kappa shape index (κ2) is 5.89. The van der Waals surface area contributed by atoms with Gasteiger partial charge in [-0.15, -0.1) is 0 Å². The molecule has 1 rings (SSSR count). The fourth-order valence-corrected chi connectivity index (χ4v) is 1.75. The summed E-state index contributed by atoms with van der Waals surface area (Å²) < 4.78 is 0.816. The van der Waals surface area contributed by atoms with Crippen molar-refractivity contribution in [1.82, 2.24) is 0 Å². The fourth-order valence-electron chi connectivity index (χ4n) is 1.04. The first-order valence-electron chi connectivity index (χ1n) is 4.19. The molecule has 0 aliphatic heterocycles. The van der Waals surface area contributed by atoms with Crippen molar-refractivity contribution in [2.45, 2.75) is 12.8 Å². The number of Topliss-reactive ketones (excluding diaryl/α,β-unsaturated/α-hetero) is 1. The van der Waals surface area contributed by atoms with E-state index in [2.05, 4.69) is 31.9 Å². The van der Waals surface area contributed by atoms with Crippen LogP contribution in [0.2, 0.25) is 5.02 Å². The average molecular weight is 340 g/mol. The van der Waals surface area contributed by atoms with E-state index in [4.69, 9.17) is 11.6 Å². The van der Waals surface area contributed by atoms with Crippen molar-refractivity contribution in [2.75, 3.05) is 5.33 Å². The lowest BCUT2D eigenvalue weighted by molar-refractivity contribution is 0.0982. The second-order valence-corrected chi connectivity index (χ2v) is 4.90. The number of benzene rings is 1. The number of carbonyl (C=O) groups is 1. The molecule has 0 N–H and O–H groups in total. The van der Waals surface area contributed by atoms with Gasteiger partial charge in [0.1, 0.15) is 0 Å². The Morgan fingerprint density at radius 3 is 2.71 bits per heavy atom. The van der Waals surface area contributed by atoms with E-state index in [1.807, 2.05) is 0 Å². The molecule has 0 spiro atoms. The van der Waals surface area contributed by atoms with Gasteiger partial charge in [-0.2, -0.15) is 0 Å². The molecule has 14 heavy (non-hydrogen) atoms. The Balaban J connectivity index is 2.76. The van der Waals surface area contributed by atoms with Crippen molar-refractivity contribution in [3.8, 4) is 0 Å². The van der Waals surface area contributed by atoms with Gasteiger partial charge in [-0.1, -0.05) is 33.6 Å². The van der Waals surface area contributed by atoms with Gasteiger partial charge in [-0.05, 0) is 34.5 Å². The van der Waals surface area contributed by atoms with E-state index in [1.165, 1.54) is 0 Å². The maximum atomic E-state index is 11.6. The second-order valence-electron chi connectivity index (χ2n) is 2.84. The van der Waals surface area contributed by atoms with E-state index in [-0.39, 0.29) is 5.78 Å². The predicted octanol–water partition coefficient (Wildman–Crippen LogP) is 4.46. The Morgan fingerprint density at radius 2 is 2.14 bits per heavy atom. The van der Waals surface area contributed by atoms with E-state index >= 15 is 0 Å². The molecule has 0 saturated heterocycles. The monoisotopic (exact) mass is 338 g/mol. The summed E-state index contributed by atoms with van der Waals surface area (Å²) in [4.78, 5) is 11.6. The molecular weight excluding hydrogens is 331 g/mol. The summed E-state index contributed by atoms with van der Waals surface area (Å²) in [6.45, 7) is 0. The van der Waals surface area contributed by atoms with E-state index in [0.717, 1.165) is 16.2 Å². The van der Waals surface area contributed by atoms with Crippen molar-refractivity contribution in [1.29, 1.82) is 0 Å². The van der Waals surface area contributed by atoms with E-state index < -0.39 is 0 Å². The summed E-state index contributed by atoms with van der Waals surface area (Å²) in [6, 6.07) is 5.28. The molecule has 1 aromatic rings. The normalized spacial score (nSPS) is 10.2. The standard InChI is InChI=1S/C10H9Br2ClO/c11-5-1-2-10(14)7-3-4-8(12)9(13)6-7/h3-4,6H,1-2,5H2. The Bertz CT molecular complexity index is 339. The summed E-state index contributed by atoms with van der Waals surface area (Å²) in [6.07, 6.45) is 1.41. The van der Waals surface area contributed by atoms with E-state index in [9.17, 15) is 4.79 Å². The van der Waals surface area contributed by atoms with Gasteiger partial charge in [0.2, 0.25) is 0 Å². The Kier molecular flexibility index (Phi) is 5.13. The number of hydrogen-bond donors (Lipinski definition) is 0. The highest BCUT2D eigenvalue weighted by molar-refractivity contribution is 9.10. The minimum Gasteiger partial charge on any atom is -0.294 e. The minimum absolute atomic E-state index is 0.138. The van der Waals surface area contributed by atoms with E-state index in [0.29, 0.717) is 17.0 Å². The predicted molar refractivity (Wildman–Crippen MR) is 66.5 cm³/mol. The maximum absolute atomic E-state index is 11.6. The molecule has 0 amide bonds. The molecule has 76 valence electrons. The summed E-state index contributed by atoms with van der Waals surface area (Å²) in [7, 11) is 0. The van der Waals surface area contributed by atoms with Gasteiger partial charge in [0.05, 0.1) is 5.02 Å². The molecule has 0 bridgehead atoms. The molecule has 0 aliphatic rings. The van der Waals surface area contributed by atoms with Crippen LogP contribution in [-0.2, 0) is 0 Å². The number of halogens is 3. The zero-order chi connectivity index (χ0) is 10.6. The first kappa shape index (κ1) is 12.2. The highest BCUT2D eigenvalue weighted by Gasteiger charge is 2.07. The first-order valence-corrected chi connectivity index (χ1v) is 6.48. The fraction of sp³-hybridized carbons (Fsp3) is 0.300. The smallest absolute Gasteiger partial charge is 0.162 e. The molecule has 4 heteroatoms. The molecule has 1 aromatic carbocycles. The molecule has 0 aromatic heterocycles. The molecule has 1 nitrogen and oxygen atoms in total. The van der Waals surface area contributed by atoms with Crippen molar-refractivity contribution in [3.05, 3.63) is 33.3 Å². The maximum Gasteiger partial charge on any atom is 0.162 e. The van der Waals surface area contributed by atoms with Gasteiger partial charge in [0, 0.05) is 21.8 Å². The van der Waals surface area contributed by atoms with Gasteiger partial charge in [-0.25, -0.2) is 0 Å². The van der Waals surface area contributed by atoms with Crippen LogP contribution in [-0.4, -0.2) is 11.1 Å². The number of ketones is 1. The lowest BCUT2D eigenvalue weighted by atomic mass is 10.1. The highest BCUT2D eigenvalue weighted by Crippen LogP contribution is 2.23.